The molecular formula is C17H31NP2. The number of hydrogen-bond acceptors (Lipinski definition) is 1. The lowest BCUT2D eigenvalue weighted by atomic mass is 10.2. The fourth-order valence-corrected chi connectivity index (χ4v) is 5.78. The van der Waals surface area contributed by atoms with Gasteiger partial charge in [-0.25, -0.2) is 0 Å². The molecule has 0 spiro atoms. The molecule has 1 rings (SSSR count). The van der Waals surface area contributed by atoms with Crippen molar-refractivity contribution < 1.29 is 0 Å². The molecule has 0 aliphatic rings. The second kappa shape index (κ2) is 10.7. The molecule has 0 saturated carbocycles. The minimum absolute atomic E-state index is 0.204. The Morgan fingerprint density at radius 2 is 1.20 bits per heavy atom. The van der Waals surface area contributed by atoms with Crippen LogP contribution in [0.3, 0.4) is 0 Å². The van der Waals surface area contributed by atoms with Crippen LogP contribution in [0.2, 0.25) is 0 Å². The minimum atomic E-state index is 0.204. The van der Waals surface area contributed by atoms with Crippen molar-refractivity contribution >= 4 is 15.8 Å². The van der Waals surface area contributed by atoms with Gasteiger partial charge in [-0.2, -0.15) is 0 Å². The van der Waals surface area contributed by atoms with Crippen LogP contribution in [0.1, 0.15) is 33.3 Å². The Bertz CT molecular complexity index is 320. The maximum Gasteiger partial charge on any atom is 0.0241 e. The normalized spacial score (nSPS) is 11.8. The van der Waals surface area contributed by atoms with Crippen molar-refractivity contribution in [2.24, 2.45) is 0 Å². The van der Waals surface area contributed by atoms with Gasteiger partial charge < -0.3 is 0 Å². The average molecular weight is 311 g/mol. The van der Waals surface area contributed by atoms with Crippen molar-refractivity contribution in [2.75, 3.05) is 37.2 Å². The van der Waals surface area contributed by atoms with Gasteiger partial charge in [0.25, 0.3) is 0 Å². The molecule has 0 radical (unpaired) electrons. The Labute approximate surface area is 128 Å². The van der Waals surface area contributed by atoms with Gasteiger partial charge >= 0.3 is 0 Å². The summed E-state index contributed by atoms with van der Waals surface area (Å²) < 4.78 is 0. The highest BCUT2D eigenvalue weighted by atomic mass is 31.1. The maximum absolute atomic E-state index is 2.74. The maximum atomic E-state index is 2.74. The van der Waals surface area contributed by atoms with E-state index in [0.717, 1.165) is 6.54 Å². The number of nitrogens with zero attached hydrogens (tertiary/aromatic N) is 1. The molecule has 0 fully saturated rings. The van der Waals surface area contributed by atoms with E-state index in [0.29, 0.717) is 0 Å². The van der Waals surface area contributed by atoms with E-state index in [1.54, 1.807) is 0 Å². The lowest BCUT2D eigenvalue weighted by Crippen LogP contribution is -2.25. The van der Waals surface area contributed by atoms with Gasteiger partial charge in [-0.1, -0.05) is 73.9 Å². The summed E-state index contributed by atoms with van der Waals surface area (Å²) in [4.78, 5) is 2.74. The lowest BCUT2D eigenvalue weighted by Gasteiger charge is -2.30. The third-order valence-electron chi connectivity index (χ3n) is 3.84. The SMILES string of the molecule is CCP(CC)CN(Cc1ccccc1)CP(CC)CC. The Hall–Kier alpha value is 0.0400. The molecule has 0 bridgehead atoms. The quantitative estimate of drug-likeness (QED) is 0.520. The molecule has 0 unspecified atom stereocenters. The summed E-state index contributed by atoms with van der Waals surface area (Å²) >= 11 is 0. The molecule has 20 heavy (non-hydrogen) atoms. The molecule has 0 amide bonds. The van der Waals surface area contributed by atoms with Crippen LogP contribution < -0.4 is 0 Å². The first-order valence-electron chi connectivity index (χ1n) is 7.94. The largest absolute Gasteiger partial charge is 0.291 e. The van der Waals surface area contributed by atoms with Gasteiger partial charge in [0.05, 0.1) is 0 Å². The molecule has 3 heteroatoms. The molecule has 0 heterocycles. The van der Waals surface area contributed by atoms with Gasteiger partial charge in [0.1, 0.15) is 0 Å². The molecule has 0 aromatic heterocycles. The molecule has 1 aromatic carbocycles. The highest BCUT2D eigenvalue weighted by Crippen LogP contribution is 2.40. The van der Waals surface area contributed by atoms with Crippen molar-refractivity contribution in [3.63, 3.8) is 0 Å². The minimum Gasteiger partial charge on any atom is -0.291 e. The van der Waals surface area contributed by atoms with Crippen molar-refractivity contribution in [1.82, 2.24) is 4.90 Å². The van der Waals surface area contributed by atoms with Crippen LogP contribution in [-0.2, 0) is 6.54 Å². The second-order valence-electron chi connectivity index (χ2n) is 5.20. The standard InChI is InChI=1S/C17H31NP2/c1-5-19(6-2)15-18(16-20(7-3)8-4)14-17-12-10-9-11-13-17/h9-13H,5-8,14-16H2,1-4H3. The summed E-state index contributed by atoms with van der Waals surface area (Å²) in [6.45, 7) is 10.6. The van der Waals surface area contributed by atoms with Gasteiger partial charge in [0, 0.05) is 19.1 Å². The van der Waals surface area contributed by atoms with Gasteiger partial charge in [-0.15, -0.1) is 0 Å². The van der Waals surface area contributed by atoms with E-state index in [9.17, 15) is 0 Å². The Kier molecular flexibility index (Phi) is 9.70. The Balaban J connectivity index is 2.67. The molecule has 114 valence electrons. The summed E-state index contributed by atoms with van der Waals surface area (Å²) in [6, 6.07) is 11.0. The number of hydrogen-bond donors (Lipinski definition) is 0. The van der Waals surface area contributed by atoms with Crippen LogP contribution >= 0.6 is 15.8 Å². The second-order valence-corrected chi connectivity index (χ2v) is 11.0. The predicted octanol–water partition coefficient (Wildman–Crippen LogP) is 5.45. The first-order valence-corrected chi connectivity index (χ1v) is 11.7. The van der Waals surface area contributed by atoms with Crippen molar-refractivity contribution in [2.45, 2.75) is 34.2 Å². The summed E-state index contributed by atoms with van der Waals surface area (Å²) in [5, 5.41) is 0. The molecule has 1 aromatic rings. The zero-order valence-corrected chi connectivity index (χ0v) is 15.5. The highest BCUT2D eigenvalue weighted by Gasteiger charge is 2.14. The molecule has 0 aliphatic heterocycles. The molecule has 0 N–H and O–H groups in total. The third kappa shape index (κ3) is 6.66. The average Bonchev–Trinajstić information content (AvgIpc) is 2.50. The van der Waals surface area contributed by atoms with E-state index in [4.69, 9.17) is 0 Å². The number of benzene rings is 1. The molecule has 1 nitrogen and oxygen atoms in total. The lowest BCUT2D eigenvalue weighted by molar-refractivity contribution is 0.363. The van der Waals surface area contributed by atoms with E-state index in [1.807, 2.05) is 0 Å². The summed E-state index contributed by atoms with van der Waals surface area (Å²) in [5.74, 6) is 0. The van der Waals surface area contributed by atoms with Crippen molar-refractivity contribution in [1.29, 1.82) is 0 Å². The third-order valence-corrected chi connectivity index (χ3v) is 9.02. The van der Waals surface area contributed by atoms with E-state index in [1.165, 1.54) is 42.8 Å². The Morgan fingerprint density at radius 1 is 0.750 bits per heavy atom. The number of rotatable bonds is 10. The molecule has 0 atom stereocenters. The van der Waals surface area contributed by atoms with Gasteiger partial charge in [0.15, 0.2) is 0 Å². The smallest absolute Gasteiger partial charge is 0.0241 e. The Morgan fingerprint density at radius 3 is 1.60 bits per heavy atom. The van der Waals surface area contributed by atoms with Gasteiger partial charge in [0.2, 0.25) is 0 Å². The predicted molar refractivity (Wildman–Crippen MR) is 97.7 cm³/mol. The first kappa shape index (κ1) is 18.1. The van der Waals surface area contributed by atoms with Crippen LogP contribution in [0.25, 0.3) is 0 Å². The van der Waals surface area contributed by atoms with Crippen LogP contribution in [0.4, 0.5) is 0 Å². The monoisotopic (exact) mass is 311 g/mol. The summed E-state index contributed by atoms with van der Waals surface area (Å²) in [5.41, 5.74) is 1.47. The van der Waals surface area contributed by atoms with Gasteiger partial charge in [-0.05, 0) is 30.2 Å². The van der Waals surface area contributed by atoms with E-state index >= 15 is 0 Å². The van der Waals surface area contributed by atoms with Gasteiger partial charge in [-0.3, -0.25) is 4.90 Å². The zero-order chi connectivity index (χ0) is 14.8. The van der Waals surface area contributed by atoms with Crippen LogP contribution in [-0.4, -0.2) is 42.1 Å². The fourth-order valence-electron chi connectivity index (χ4n) is 2.40. The first-order chi connectivity index (χ1) is 9.73. The highest BCUT2D eigenvalue weighted by molar-refractivity contribution is 7.58. The van der Waals surface area contributed by atoms with Crippen LogP contribution in [0, 0.1) is 0 Å². The van der Waals surface area contributed by atoms with Crippen LogP contribution in [0.15, 0.2) is 30.3 Å². The van der Waals surface area contributed by atoms with E-state index < -0.39 is 0 Å². The van der Waals surface area contributed by atoms with Crippen molar-refractivity contribution in [3.05, 3.63) is 35.9 Å². The molecular weight excluding hydrogens is 280 g/mol. The molecule has 0 aliphatic carbocycles. The summed E-state index contributed by atoms with van der Waals surface area (Å²) in [6.07, 6.45) is 8.13. The van der Waals surface area contributed by atoms with Crippen LogP contribution in [0.5, 0.6) is 0 Å². The van der Waals surface area contributed by atoms with E-state index in [2.05, 4.69) is 62.9 Å². The summed E-state index contributed by atoms with van der Waals surface area (Å²) in [7, 11) is 0.408. The van der Waals surface area contributed by atoms with E-state index in [-0.39, 0.29) is 15.8 Å². The van der Waals surface area contributed by atoms with Crippen molar-refractivity contribution in [3.8, 4) is 0 Å². The zero-order valence-electron chi connectivity index (χ0n) is 13.7. The fraction of sp³-hybridized carbons (Fsp3) is 0.647. The molecule has 0 saturated heterocycles. The topological polar surface area (TPSA) is 3.24 Å².